The molecule has 0 fully saturated rings. The minimum atomic E-state index is -0.580. The van der Waals surface area contributed by atoms with Gasteiger partial charge in [-0.2, -0.15) is 5.26 Å². The van der Waals surface area contributed by atoms with Gasteiger partial charge in [0.15, 0.2) is 5.56 Å². The third kappa shape index (κ3) is 3.04. The van der Waals surface area contributed by atoms with Crippen LogP contribution in [0.2, 0.25) is 0 Å². The van der Waals surface area contributed by atoms with Crippen molar-refractivity contribution >= 4 is 5.82 Å². The molecule has 2 aromatic rings. The van der Waals surface area contributed by atoms with Crippen LogP contribution in [0.15, 0.2) is 33.9 Å². The molecule has 0 unspecified atom stereocenters. The predicted octanol–water partition coefficient (Wildman–Crippen LogP) is 0.991. The molecular formula is C17H20N4O3. The summed E-state index contributed by atoms with van der Waals surface area (Å²) in [6.45, 7) is 2.92. The lowest BCUT2D eigenvalue weighted by Crippen LogP contribution is -2.42. The maximum absolute atomic E-state index is 12.2. The standard InChI is InChI=1S/C17H20N4O3/c1-5-21(11-12-6-8-13(24-4)9-7-12)15-14(10-18)16(22)20(3)17(23)19(15)2/h6-9H,5,11H2,1-4H3. The van der Waals surface area contributed by atoms with E-state index in [0.29, 0.717) is 18.9 Å². The average Bonchev–Trinajstić information content (AvgIpc) is 2.61. The third-order valence-electron chi connectivity index (χ3n) is 3.96. The quantitative estimate of drug-likeness (QED) is 0.818. The number of nitriles is 1. The number of hydrogen-bond acceptors (Lipinski definition) is 5. The largest absolute Gasteiger partial charge is 0.497 e. The SMILES string of the molecule is CCN(Cc1ccc(OC)cc1)c1c(C#N)c(=O)n(C)c(=O)n1C. The smallest absolute Gasteiger partial charge is 0.332 e. The van der Waals surface area contributed by atoms with Crippen LogP contribution < -0.4 is 20.9 Å². The van der Waals surface area contributed by atoms with Crippen molar-refractivity contribution in [2.75, 3.05) is 18.6 Å². The van der Waals surface area contributed by atoms with Gasteiger partial charge in [0.2, 0.25) is 0 Å². The number of methoxy groups -OCH3 is 1. The third-order valence-corrected chi connectivity index (χ3v) is 3.96. The molecule has 1 aromatic carbocycles. The molecule has 126 valence electrons. The first-order chi connectivity index (χ1) is 11.4. The van der Waals surface area contributed by atoms with E-state index in [9.17, 15) is 14.9 Å². The van der Waals surface area contributed by atoms with E-state index < -0.39 is 11.2 Å². The van der Waals surface area contributed by atoms with Crippen LogP contribution in [0.4, 0.5) is 5.82 Å². The van der Waals surface area contributed by atoms with Crippen LogP contribution >= 0.6 is 0 Å². The molecule has 1 aromatic heterocycles. The summed E-state index contributed by atoms with van der Waals surface area (Å²) < 4.78 is 7.43. The Hall–Kier alpha value is -3.01. The van der Waals surface area contributed by atoms with E-state index in [2.05, 4.69) is 0 Å². The van der Waals surface area contributed by atoms with Crippen molar-refractivity contribution in [3.05, 3.63) is 56.2 Å². The van der Waals surface area contributed by atoms with Crippen molar-refractivity contribution in [2.45, 2.75) is 13.5 Å². The minimum Gasteiger partial charge on any atom is -0.497 e. The maximum atomic E-state index is 12.2. The Labute approximate surface area is 139 Å². The highest BCUT2D eigenvalue weighted by molar-refractivity contribution is 5.53. The van der Waals surface area contributed by atoms with Gasteiger partial charge in [0, 0.05) is 27.2 Å². The summed E-state index contributed by atoms with van der Waals surface area (Å²) >= 11 is 0. The van der Waals surface area contributed by atoms with Gasteiger partial charge < -0.3 is 9.64 Å². The van der Waals surface area contributed by atoms with Crippen LogP contribution in [0.1, 0.15) is 18.1 Å². The van der Waals surface area contributed by atoms with E-state index in [-0.39, 0.29) is 5.56 Å². The van der Waals surface area contributed by atoms with Gasteiger partial charge >= 0.3 is 5.69 Å². The van der Waals surface area contributed by atoms with Crippen molar-refractivity contribution in [3.8, 4) is 11.8 Å². The summed E-state index contributed by atoms with van der Waals surface area (Å²) in [5, 5.41) is 9.40. The number of hydrogen-bond donors (Lipinski definition) is 0. The van der Waals surface area contributed by atoms with Crippen LogP contribution in [0, 0.1) is 11.3 Å². The normalized spacial score (nSPS) is 10.3. The van der Waals surface area contributed by atoms with Gasteiger partial charge in [0.1, 0.15) is 17.6 Å². The zero-order chi connectivity index (χ0) is 17.9. The van der Waals surface area contributed by atoms with Crippen LogP contribution in [0.5, 0.6) is 5.75 Å². The second kappa shape index (κ2) is 7.04. The van der Waals surface area contributed by atoms with E-state index in [1.165, 1.54) is 11.6 Å². The monoisotopic (exact) mass is 328 g/mol. The van der Waals surface area contributed by atoms with E-state index in [4.69, 9.17) is 4.74 Å². The molecule has 0 saturated heterocycles. The fourth-order valence-corrected chi connectivity index (χ4v) is 2.59. The summed E-state index contributed by atoms with van der Waals surface area (Å²) in [4.78, 5) is 26.3. The molecule has 0 atom stereocenters. The van der Waals surface area contributed by atoms with Crippen molar-refractivity contribution in [2.24, 2.45) is 14.1 Å². The van der Waals surface area contributed by atoms with E-state index in [1.54, 1.807) is 14.2 Å². The molecule has 0 aliphatic carbocycles. The summed E-state index contributed by atoms with van der Waals surface area (Å²) in [5.41, 5.74) is -0.0874. The summed E-state index contributed by atoms with van der Waals surface area (Å²) in [6.07, 6.45) is 0. The molecule has 0 N–H and O–H groups in total. The number of ether oxygens (including phenoxy) is 1. The van der Waals surface area contributed by atoms with Gasteiger partial charge in [0.05, 0.1) is 7.11 Å². The Morgan fingerprint density at radius 3 is 2.29 bits per heavy atom. The summed E-state index contributed by atoms with van der Waals surface area (Å²) in [7, 11) is 4.53. The number of anilines is 1. The van der Waals surface area contributed by atoms with E-state index in [1.807, 2.05) is 42.2 Å². The van der Waals surface area contributed by atoms with Crippen LogP contribution in [0.25, 0.3) is 0 Å². The maximum Gasteiger partial charge on any atom is 0.332 e. The molecule has 0 aliphatic heterocycles. The molecule has 0 bridgehead atoms. The van der Waals surface area contributed by atoms with Gasteiger partial charge in [-0.3, -0.25) is 13.9 Å². The van der Waals surface area contributed by atoms with Crippen LogP contribution in [0.3, 0.4) is 0 Å². The van der Waals surface area contributed by atoms with Crippen molar-refractivity contribution in [1.29, 1.82) is 5.26 Å². The van der Waals surface area contributed by atoms with Crippen molar-refractivity contribution in [1.82, 2.24) is 9.13 Å². The number of nitrogens with zero attached hydrogens (tertiary/aromatic N) is 4. The lowest BCUT2D eigenvalue weighted by molar-refractivity contribution is 0.414. The molecule has 0 amide bonds. The first-order valence-electron chi connectivity index (χ1n) is 7.52. The Morgan fingerprint density at radius 2 is 1.79 bits per heavy atom. The topological polar surface area (TPSA) is 80.3 Å². The second-order valence-corrected chi connectivity index (χ2v) is 5.38. The Balaban J connectivity index is 2.53. The van der Waals surface area contributed by atoms with Gasteiger partial charge in [0.25, 0.3) is 5.56 Å². The van der Waals surface area contributed by atoms with Crippen LogP contribution in [-0.4, -0.2) is 22.8 Å². The molecule has 0 aliphatic rings. The van der Waals surface area contributed by atoms with Gasteiger partial charge in [-0.25, -0.2) is 4.79 Å². The van der Waals surface area contributed by atoms with Gasteiger partial charge in [-0.1, -0.05) is 12.1 Å². The molecule has 1 heterocycles. The molecule has 0 radical (unpaired) electrons. The van der Waals surface area contributed by atoms with Crippen molar-refractivity contribution < 1.29 is 4.74 Å². The number of rotatable bonds is 5. The lowest BCUT2D eigenvalue weighted by atomic mass is 10.2. The zero-order valence-corrected chi connectivity index (χ0v) is 14.2. The first-order valence-corrected chi connectivity index (χ1v) is 7.52. The van der Waals surface area contributed by atoms with Gasteiger partial charge in [-0.15, -0.1) is 0 Å². The molecule has 24 heavy (non-hydrogen) atoms. The molecule has 0 spiro atoms. The molecule has 7 heteroatoms. The van der Waals surface area contributed by atoms with Crippen molar-refractivity contribution in [3.63, 3.8) is 0 Å². The molecule has 0 saturated carbocycles. The fourth-order valence-electron chi connectivity index (χ4n) is 2.59. The summed E-state index contributed by atoms with van der Waals surface area (Å²) in [5.74, 6) is 1.09. The highest BCUT2D eigenvalue weighted by atomic mass is 16.5. The fraction of sp³-hybridized carbons (Fsp3) is 0.353. The number of aromatic nitrogens is 2. The van der Waals surface area contributed by atoms with E-state index in [0.717, 1.165) is 15.9 Å². The Bertz CT molecular complexity index is 888. The average molecular weight is 328 g/mol. The molecule has 2 rings (SSSR count). The van der Waals surface area contributed by atoms with E-state index >= 15 is 0 Å². The minimum absolute atomic E-state index is 0.0324. The number of benzene rings is 1. The highest BCUT2D eigenvalue weighted by Gasteiger charge is 2.20. The molecule has 7 nitrogen and oxygen atoms in total. The lowest BCUT2D eigenvalue weighted by Gasteiger charge is -2.26. The zero-order valence-electron chi connectivity index (χ0n) is 14.2. The highest BCUT2D eigenvalue weighted by Crippen LogP contribution is 2.19. The van der Waals surface area contributed by atoms with Crippen LogP contribution in [-0.2, 0) is 20.6 Å². The summed E-state index contributed by atoms with van der Waals surface area (Å²) in [6, 6.07) is 9.45. The molecular weight excluding hydrogens is 308 g/mol. The Morgan fingerprint density at radius 1 is 1.17 bits per heavy atom. The first kappa shape index (κ1) is 17.3. The Kier molecular flexibility index (Phi) is 5.09. The van der Waals surface area contributed by atoms with Gasteiger partial charge in [-0.05, 0) is 24.6 Å². The predicted molar refractivity (Wildman–Crippen MR) is 91.4 cm³/mol. The second-order valence-electron chi connectivity index (χ2n) is 5.38.